The minimum atomic E-state index is -0.357. The lowest BCUT2D eigenvalue weighted by molar-refractivity contribution is 0.0525. The van der Waals surface area contributed by atoms with Gasteiger partial charge in [-0.05, 0) is 37.6 Å². The van der Waals surface area contributed by atoms with Crippen LogP contribution in [0.3, 0.4) is 0 Å². The van der Waals surface area contributed by atoms with E-state index >= 15 is 0 Å². The van der Waals surface area contributed by atoms with E-state index in [1.165, 1.54) is 0 Å². The van der Waals surface area contributed by atoms with Crippen LogP contribution in [-0.2, 0) is 4.74 Å². The molecule has 0 unspecified atom stereocenters. The van der Waals surface area contributed by atoms with Crippen LogP contribution in [0.5, 0.6) is 0 Å². The normalized spacial score (nSPS) is 10.2. The van der Waals surface area contributed by atoms with E-state index < -0.39 is 0 Å². The van der Waals surface area contributed by atoms with Gasteiger partial charge in [-0.15, -0.1) is 0 Å². The van der Waals surface area contributed by atoms with E-state index in [0.29, 0.717) is 24.2 Å². The summed E-state index contributed by atoms with van der Waals surface area (Å²) in [6.07, 6.45) is 0.647. The maximum absolute atomic E-state index is 11.8. The Hall–Kier alpha value is -2.36. The Labute approximate surface area is 111 Å². The van der Waals surface area contributed by atoms with Crippen molar-refractivity contribution in [2.24, 2.45) is 0 Å². The fourth-order valence-corrected chi connectivity index (χ4v) is 1.89. The van der Waals surface area contributed by atoms with E-state index in [0.717, 1.165) is 11.1 Å². The Morgan fingerprint density at radius 3 is 2.74 bits per heavy atom. The molecule has 1 aromatic carbocycles. The quantitative estimate of drug-likeness (QED) is 0.624. The third-order valence-electron chi connectivity index (χ3n) is 2.84. The summed E-state index contributed by atoms with van der Waals surface area (Å²) < 4.78 is 10.4. The number of furan rings is 1. The highest BCUT2D eigenvalue weighted by atomic mass is 16.5. The smallest absolute Gasteiger partial charge is 0.338 e. The number of benzene rings is 1. The highest BCUT2D eigenvalue weighted by molar-refractivity contribution is 5.93. The summed E-state index contributed by atoms with van der Waals surface area (Å²) in [5.74, 6) is 0.464. The van der Waals surface area contributed by atoms with Gasteiger partial charge in [-0.1, -0.05) is 12.1 Å². The lowest BCUT2D eigenvalue weighted by atomic mass is 10.0. The number of esters is 1. The molecule has 0 spiro atoms. The Morgan fingerprint density at radius 1 is 1.32 bits per heavy atom. The van der Waals surface area contributed by atoms with Gasteiger partial charge in [0.1, 0.15) is 5.76 Å². The summed E-state index contributed by atoms with van der Waals surface area (Å²) in [5.41, 5.74) is 2.05. The van der Waals surface area contributed by atoms with Crippen LogP contribution in [0.2, 0.25) is 0 Å². The predicted molar refractivity (Wildman–Crippen MR) is 70.2 cm³/mol. The first kappa shape index (κ1) is 13.1. The molecule has 4 heteroatoms. The van der Waals surface area contributed by atoms with Gasteiger partial charge in [0.2, 0.25) is 0 Å². The van der Waals surface area contributed by atoms with Crippen molar-refractivity contribution >= 4 is 12.3 Å². The zero-order valence-corrected chi connectivity index (χ0v) is 10.8. The maximum Gasteiger partial charge on any atom is 0.338 e. The lowest BCUT2D eigenvalue weighted by Gasteiger charge is -2.08. The molecule has 2 rings (SSSR count). The number of ether oxygens (including phenoxy) is 1. The zero-order valence-electron chi connectivity index (χ0n) is 10.8. The summed E-state index contributed by atoms with van der Waals surface area (Å²) >= 11 is 0. The first-order chi connectivity index (χ1) is 9.17. The van der Waals surface area contributed by atoms with Crippen LogP contribution in [-0.4, -0.2) is 18.9 Å². The molecule has 98 valence electrons. The molecule has 4 nitrogen and oxygen atoms in total. The topological polar surface area (TPSA) is 56.5 Å². The Balaban J connectivity index is 2.44. The van der Waals surface area contributed by atoms with Crippen molar-refractivity contribution in [2.75, 3.05) is 6.61 Å². The van der Waals surface area contributed by atoms with Gasteiger partial charge in [0.25, 0.3) is 0 Å². The van der Waals surface area contributed by atoms with Gasteiger partial charge in [0, 0.05) is 5.56 Å². The van der Waals surface area contributed by atoms with Gasteiger partial charge in [0.15, 0.2) is 12.0 Å². The van der Waals surface area contributed by atoms with Gasteiger partial charge in [0.05, 0.1) is 12.2 Å². The number of hydrogen-bond donors (Lipinski definition) is 0. The van der Waals surface area contributed by atoms with Gasteiger partial charge in [-0.2, -0.15) is 0 Å². The van der Waals surface area contributed by atoms with Gasteiger partial charge in [-0.25, -0.2) is 4.79 Å². The van der Waals surface area contributed by atoms with E-state index in [1.807, 2.05) is 13.0 Å². The van der Waals surface area contributed by atoms with E-state index in [2.05, 4.69) is 0 Å². The number of aldehydes is 1. The van der Waals surface area contributed by atoms with E-state index in [1.54, 1.807) is 31.2 Å². The number of carbonyl (C=O) groups excluding carboxylic acids is 2. The second kappa shape index (κ2) is 5.52. The third-order valence-corrected chi connectivity index (χ3v) is 2.84. The van der Waals surface area contributed by atoms with Crippen LogP contribution in [0.4, 0.5) is 0 Å². The van der Waals surface area contributed by atoms with Crippen molar-refractivity contribution in [1.29, 1.82) is 0 Å². The van der Waals surface area contributed by atoms with Crippen molar-refractivity contribution in [3.63, 3.8) is 0 Å². The Kier molecular flexibility index (Phi) is 3.80. The standard InChI is InChI=1S/C15H14O4/c1-3-18-15(17)13-6-4-5-12(10(13)2)14-8-7-11(9-16)19-14/h4-9H,3H2,1-2H3. The monoisotopic (exact) mass is 258 g/mol. The highest BCUT2D eigenvalue weighted by Gasteiger charge is 2.15. The van der Waals surface area contributed by atoms with Crippen molar-refractivity contribution in [2.45, 2.75) is 13.8 Å². The summed E-state index contributed by atoms with van der Waals surface area (Å²) in [6.45, 7) is 3.92. The summed E-state index contributed by atoms with van der Waals surface area (Å²) in [6, 6.07) is 8.61. The average molecular weight is 258 g/mol. The highest BCUT2D eigenvalue weighted by Crippen LogP contribution is 2.27. The fourth-order valence-electron chi connectivity index (χ4n) is 1.89. The van der Waals surface area contributed by atoms with Gasteiger partial charge in [-0.3, -0.25) is 4.79 Å². The van der Waals surface area contributed by atoms with Crippen LogP contribution in [0.25, 0.3) is 11.3 Å². The summed E-state index contributed by atoms with van der Waals surface area (Å²) in [5, 5.41) is 0. The van der Waals surface area contributed by atoms with E-state index in [-0.39, 0.29) is 11.7 Å². The zero-order chi connectivity index (χ0) is 13.8. The number of carbonyl (C=O) groups is 2. The summed E-state index contributed by atoms with van der Waals surface area (Å²) in [4.78, 5) is 22.4. The first-order valence-corrected chi connectivity index (χ1v) is 5.99. The number of hydrogen-bond acceptors (Lipinski definition) is 4. The number of rotatable bonds is 4. The predicted octanol–water partition coefficient (Wildman–Crippen LogP) is 3.24. The van der Waals surface area contributed by atoms with Crippen LogP contribution in [0.1, 0.15) is 33.4 Å². The van der Waals surface area contributed by atoms with Crippen molar-refractivity contribution in [3.05, 3.63) is 47.2 Å². The average Bonchev–Trinajstić information content (AvgIpc) is 2.88. The Morgan fingerprint density at radius 2 is 2.11 bits per heavy atom. The fraction of sp³-hybridized carbons (Fsp3) is 0.200. The van der Waals surface area contributed by atoms with E-state index in [4.69, 9.17) is 9.15 Å². The molecule has 19 heavy (non-hydrogen) atoms. The second-order valence-electron chi connectivity index (χ2n) is 4.02. The van der Waals surface area contributed by atoms with Crippen LogP contribution in [0, 0.1) is 6.92 Å². The van der Waals surface area contributed by atoms with Crippen LogP contribution in [0.15, 0.2) is 34.7 Å². The largest absolute Gasteiger partial charge is 0.462 e. The van der Waals surface area contributed by atoms with Gasteiger partial charge >= 0.3 is 5.97 Å². The third kappa shape index (κ3) is 2.57. The van der Waals surface area contributed by atoms with E-state index in [9.17, 15) is 9.59 Å². The molecule has 0 N–H and O–H groups in total. The molecule has 0 aliphatic heterocycles. The molecule has 0 atom stereocenters. The minimum Gasteiger partial charge on any atom is -0.462 e. The molecule has 0 saturated carbocycles. The molecule has 0 aliphatic rings. The Bertz CT molecular complexity index is 610. The molecule has 0 saturated heterocycles. The molecular formula is C15H14O4. The van der Waals surface area contributed by atoms with Crippen LogP contribution >= 0.6 is 0 Å². The van der Waals surface area contributed by atoms with Crippen molar-refractivity contribution in [3.8, 4) is 11.3 Å². The molecule has 0 bridgehead atoms. The molecular weight excluding hydrogens is 244 g/mol. The van der Waals surface area contributed by atoms with Crippen LogP contribution < -0.4 is 0 Å². The first-order valence-electron chi connectivity index (χ1n) is 5.99. The molecule has 1 aromatic heterocycles. The lowest BCUT2D eigenvalue weighted by Crippen LogP contribution is -2.07. The minimum absolute atomic E-state index is 0.260. The van der Waals surface area contributed by atoms with Gasteiger partial charge < -0.3 is 9.15 Å². The summed E-state index contributed by atoms with van der Waals surface area (Å²) in [7, 11) is 0. The molecule has 1 heterocycles. The van der Waals surface area contributed by atoms with Crippen molar-refractivity contribution < 1.29 is 18.7 Å². The maximum atomic E-state index is 11.8. The molecule has 2 aromatic rings. The molecule has 0 fully saturated rings. The second-order valence-corrected chi connectivity index (χ2v) is 4.02. The molecule has 0 aliphatic carbocycles. The molecule has 0 radical (unpaired) electrons. The SMILES string of the molecule is CCOC(=O)c1cccc(-c2ccc(C=O)o2)c1C. The van der Waals surface area contributed by atoms with Crippen molar-refractivity contribution in [1.82, 2.24) is 0 Å². The molecule has 0 amide bonds.